The molecule has 0 saturated carbocycles. The molecule has 0 fully saturated rings. The topological polar surface area (TPSA) is 41.6 Å². The monoisotopic (exact) mass is 255 g/mol. The molecule has 0 bridgehead atoms. The molecule has 84 valence electrons. The Morgan fingerprint density at radius 3 is 2.88 bits per heavy atom. The SMILES string of the molecule is NC1=CN(Cc2ccc(Cl)cc2Cl)CN=C1. The van der Waals surface area contributed by atoms with Crippen molar-refractivity contribution >= 4 is 29.4 Å². The number of aliphatic imine (C=N–C) groups is 1. The van der Waals surface area contributed by atoms with Crippen molar-refractivity contribution in [2.24, 2.45) is 10.7 Å². The van der Waals surface area contributed by atoms with Crippen LogP contribution in [-0.2, 0) is 6.54 Å². The average Bonchev–Trinajstić information content (AvgIpc) is 2.22. The maximum atomic E-state index is 6.08. The predicted molar refractivity (Wildman–Crippen MR) is 67.6 cm³/mol. The maximum absolute atomic E-state index is 6.08. The number of nitrogens with two attached hydrogens (primary N) is 1. The molecule has 0 amide bonds. The molecule has 0 saturated heterocycles. The van der Waals surface area contributed by atoms with E-state index >= 15 is 0 Å². The summed E-state index contributed by atoms with van der Waals surface area (Å²) in [5.41, 5.74) is 7.31. The molecule has 0 atom stereocenters. The molecule has 0 aromatic heterocycles. The van der Waals surface area contributed by atoms with Crippen LogP contribution in [0.3, 0.4) is 0 Å². The molecule has 16 heavy (non-hydrogen) atoms. The molecule has 3 nitrogen and oxygen atoms in total. The quantitative estimate of drug-likeness (QED) is 0.883. The molecule has 1 heterocycles. The fourth-order valence-electron chi connectivity index (χ4n) is 1.50. The van der Waals surface area contributed by atoms with Crippen LogP contribution in [0.2, 0.25) is 10.0 Å². The maximum Gasteiger partial charge on any atom is 0.110 e. The van der Waals surface area contributed by atoms with E-state index < -0.39 is 0 Å². The van der Waals surface area contributed by atoms with Gasteiger partial charge in [-0.3, -0.25) is 4.99 Å². The van der Waals surface area contributed by atoms with Gasteiger partial charge in [0.2, 0.25) is 0 Å². The minimum absolute atomic E-state index is 0.597. The molecular weight excluding hydrogens is 245 g/mol. The Bertz CT molecular complexity index is 455. The van der Waals surface area contributed by atoms with Gasteiger partial charge in [-0.1, -0.05) is 29.3 Å². The summed E-state index contributed by atoms with van der Waals surface area (Å²) < 4.78 is 0. The summed E-state index contributed by atoms with van der Waals surface area (Å²) in [5, 5.41) is 1.30. The van der Waals surface area contributed by atoms with Gasteiger partial charge >= 0.3 is 0 Å². The Hall–Kier alpha value is -1.19. The molecule has 0 unspecified atom stereocenters. The Morgan fingerprint density at radius 1 is 1.38 bits per heavy atom. The summed E-state index contributed by atoms with van der Waals surface area (Å²) in [6.07, 6.45) is 3.51. The van der Waals surface area contributed by atoms with Crippen LogP contribution in [0.25, 0.3) is 0 Å². The smallest absolute Gasteiger partial charge is 0.110 e. The van der Waals surface area contributed by atoms with Gasteiger partial charge in [-0.15, -0.1) is 0 Å². The van der Waals surface area contributed by atoms with E-state index in [1.165, 1.54) is 0 Å². The summed E-state index contributed by atoms with van der Waals surface area (Å²) in [6, 6.07) is 5.47. The van der Waals surface area contributed by atoms with Gasteiger partial charge < -0.3 is 10.6 Å². The molecule has 0 spiro atoms. The Kier molecular flexibility index (Phi) is 3.36. The van der Waals surface area contributed by atoms with E-state index in [4.69, 9.17) is 28.9 Å². The fourth-order valence-corrected chi connectivity index (χ4v) is 1.97. The summed E-state index contributed by atoms with van der Waals surface area (Å²) >= 11 is 11.9. The first-order chi connectivity index (χ1) is 7.65. The van der Waals surface area contributed by atoms with Crippen molar-refractivity contribution in [2.45, 2.75) is 6.54 Å². The van der Waals surface area contributed by atoms with Crippen molar-refractivity contribution in [2.75, 3.05) is 6.67 Å². The van der Waals surface area contributed by atoms with Gasteiger partial charge in [-0.05, 0) is 17.7 Å². The summed E-state index contributed by atoms with van der Waals surface area (Å²) in [4.78, 5) is 6.11. The van der Waals surface area contributed by atoms with Gasteiger partial charge in [-0.2, -0.15) is 0 Å². The van der Waals surface area contributed by atoms with E-state index in [1.807, 2.05) is 23.2 Å². The molecular formula is C11H11Cl2N3. The van der Waals surface area contributed by atoms with Gasteiger partial charge in [0.15, 0.2) is 0 Å². The highest BCUT2D eigenvalue weighted by atomic mass is 35.5. The second-order valence-corrected chi connectivity index (χ2v) is 4.41. The first-order valence-corrected chi connectivity index (χ1v) is 5.56. The zero-order valence-electron chi connectivity index (χ0n) is 8.53. The third-order valence-electron chi connectivity index (χ3n) is 2.22. The van der Waals surface area contributed by atoms with E-state index in [0.717, 1.165) is 5.56 Å². The van der Waals surface area contributed by atoms with Crippen LogP contribution in [0.15, 0.2) is 35.1 Å². The van der Waals surface area contributed by atoms with Crippen molar-refractivity contribution < 1.29 is 0 Å². The lowest BCUT2D eigenvalue weighted by Gasteiger charge is -2.21. The Labute approximate surface area is 104 Å². The minimum Gasteiger partial charge on any atom is -0.396 e. The highest BCUT2D eigenvalue weighted by Crippen LogP contribution is 2.22. The third kappa shape index (κ3) is 2.68. The van der Waals surface area contributed by atoms with Gasteiger partial charge in [-0.25, -0.2) is 0 Å². The zero-order valence-corrected chi connectivity index (χ0v) is 10.0. The van der Waals surface area contributed by atoms with Gasteiger partial charge in [0.1, 0.15) is 6.67 Å². The number of rotatable bonds is 2. The van der Waals surface area contributed by atoms with E-state index in [2.05, 4.69) is 4.99 Å². The number of allylic oxidation sites excluding steroid dienone is 1. The lowest BCUT2D eigenvalue weighted by atomic mass is 10.2. The van der Waals surface area contributed by atoms with Crippen LogP contribution in [0, 0.1) is 0 Å². The average molecular weight is 256 g/mol. The number of hydrogen-bond donors (Lipinski definition) is 1. The standard InChI is InChI=1S/C11H11Cl2N3/c12-9-2-1-8(11(13)3-9)5-16-6-10(14)4-15-7-16/h1-4,6H,5,7,14H2. The Balaban J connectivity index is 2.12. The van der Waals surface area contributed by atoms with Crippen molar-refractivity contribution in [3.8, 4) is 0 Å². The van der Waals surface area contributed by atoms with Crippen LogP contribution in [0.4, 0.5) is 0 Å². The highest BCUT2D eigenvalue weighted by molar-refractivity contribution is 6.35. The summed E-state index contributed by atoms with van der Waals surface area (Å²) in [7, 11) is 0. The van der Waals surface area contributed by atoms with Crippen LogP contribution in [-0.4, -0.2) is 17.8 Å². The lowest BCUT2D eigenvalue weighted by Crippen LogP contribution is -2.23. The number of halogens is 2. The third-order valence-corrected chi connectivity index (χ3v) is 2.81. The molecule has 0 aliphatic carbocycles. The van der Waals surface area contributed by atoms with E-state index in [1.54, 1.807) is 12.3 Å². The van der Waals surface area contributed by atoms with Gasteiger partial charge in [0, 0.05) is 29.0 Å². The van der Waals surface area contributed by atoms with Gasteiger partial charge in [0.05, 0.1) is 5.70 Å². The van der Waals surface area contributed by atoms with Crippen molar-refractivity contribution in [1.82, 2.24) is 4.90 Å². The first-order valence-electron chi connectivity index (χ1n) is 4.80. The van der Waals surface area contributed by atoms with Gasteiger partial charge in [0.25, 0.3) is 0 Å². The summed E-state index contributed by atoms with van der Waals surface area (Å²) in [6.45, 7) is 1.27. The second kappa shape index (κ2) is 4.76. The van der Waals surface area contributed by atoms with Crippen molar-refractivity contribution in [3.63, 3.8) is 0 Å². The van der Waals surface area contributed by atoms with Crippen LogP contribution >= 0.6 is 23.2 Å². The zero-order chi connectivity index (χ0) is 11.5. The van der Waals surface area contributed by atoms with E-state index in [9.17, 15) is 0 Å². The number of benzene rings is 1. The van der Waals surface area contributed by atoms with Crippen molar-refractivity contribution in [3.05, 3.63) is 45.7 Å². The molecule has 2 rings (SSSR count). The molecule has 1 aromatic carbocycles. The minimum atomic E-state index is 0.597. The van der Waals surface area contributed by atoms with E-state index in [-0.39, 0.29) is 0 Å². The fraction of sp³-hybridized carbons (Fsp3) is 0.182. The number of nitrogens with zero attached hydrogens (tertiary/aromatic N) is 2. The second-order valence-electron chi connectivity index (χ2n) is 3.56. The molecule has 1 aromatic rings. The normalized spacial score (nSPS) is 15.1. The summed E-state index contributed by atoms with van der Waals surface area (Å²) in [5.74, 6) is 0. The van der Waals surface area contributed by atoms with Crippen LogP contribution < -0.4 is 5.73 Å². The van der Waals surface area contributed by atoms with Crippen LogP contribution in [0.5, 0.6) is 0 Å². The molecule has 0 radical (unpaired) electrons. The first kappa shape index (κ1) is 11.3. The molecule has 2 N–H and O–H groups in total. The van der Waals surface area contributed by atoms with Crippen LogP contribution in [0.1, 0.15) is 5.56 Å². The predicted octanol–water partition coefficient (Wildman–Crippen LogP) is 2.64. The number of hydrogen-bond acceptors (Lipinski definition) is 3. The van der Waals surface area contributed by atoms with E-state index in [0.29, 0.717) is 29.0 Å². The largest absolute Gasteiger partial charge is 0.396 e. The van der Waals surface area contributed by atoms with Crippen molar-refractivity contribution in [1.29, 1.82) is 0 Å². The molecule has 1 aliphatic rings. The highest BCUT2D eigenvalue weighted by Gasteiger charge is 2.08. The molecule has 1 aliphatic heterocycles. The Morgan fingerprint density at radius 2 is 2.19 bits per heavy atom. The lowest BCUT2D eigenvalue weighted by molar-refractivity contribution is 0.376. The molecule has 5 heteroatoms.